The van der Waals surface area contributed by atoms with E-state index < -0.39 is 0 Å². The molecule has 0 unspecified atom stereocenters. The molecule has 2 fully saturated rings. The van der Waals surface area contributed by atoms with Crippen molar-refractivity contribution < 1.29 is 9.32 Å². The van der Waals surface area contributed by atoms with Crippen molar-refractivity contribution in [2.75, 3.05) is 13.1 Å². The molecular formula is C19H22ClN3O2. The standard InChI is InChI=1S/C19H22ClN3O2/c1-12-9-23(10-14-4-2-3-5-15(14)20)11-17(12)21-19(24)16-8-18(25-22-16)13-6-7-13/h2-5,8,12-13,17H,6-7,9-11H2,1H3,(H,21,24)/t12-,17+/m1/s1. The molecule has 0 spiro atoms. The number of nitrogens with zero attached hydrogens (tertiary/aromatic N) is 2. The molecular weight excluding hydrogens is 338 g/mol. The molecule has 0 bridgehead atoms. The van der Waals surface area contributed by atoms with Crippen LogP contribution in [0.25, 0.3) is 0 Å². The van der Waals surface area contributed by atoms with Crippen LogP contribution in [0.15, 0.2) is 34.9 Å². The van der Waals surface area contributed by atoms with Gasteiger partial charge in [0.15, 0.2) is 5.69 Å². The number of nitrogens with one attached hydrogen (secondary N) is 1. The molecule has 1 saturated heterocycles. The number of amides is 1. The normalized spacial score (nSPS) is 23.8. The van der Waals surface area contributed by atoms with Crippen LogP contribution in [0.2, 0.25) is 5.02 Å². The quantitative estimate of drug-likeness (QED) is 0.888. The average Bonchev–Trinajstić information content (AvgIpc) is 3.22. The Kier molecular flexibility index (Phi) is 4.52. The number of halogens is 1. The molecule has 0 radical (unpaired) electrons. The predicted molar refractivity (Wildman–Crippen MR) is 95.6 cm³/mol. The Morgan fingerprint density at radius 3 is 2.92 bits per heavy atom. The minimum atomic E-state index is -0.146. The smallest absolute Gasteiger partial charge is 0.273 e. The van der Waals surface area contributed by atoms with Crippen molar-refractivity contribution in [1.29, 1.82) is 0 Å². The Balaban J connectivity index is 1.36. The molecule has 4 rings (SSSR count). The zero-order valence-corrected chi connectivity index (χ0v) is 15.0. The summed E-state index contributed by atoms with van der Waals surface area (Å²) in [6.45, 7) is 4.70. The van der Waals surface area contributed by atoms with Crippen molar-refractivity contribution in [3.05, 3.63) is 52.4 Å². The van der Waals surface area contributed by atoms with E-state index in [-0.39, 0.29) is 11.9 Å². The van der Waals surface area contributed by atoms with Crippen LogP contribution in [0, 0.1) is 5.92 Å². The Morgan fingerprint density at radius 1 is 1.36 bits per heavy atom. The summed E-state index contributed by atoms with van der Waals surface area (Å²) < 4.78 is 5.28. The summed E-state index contributed by atoms with van der Waals surface area (Å²) in [5, 5.41) is 7.83. The van der Waals surface area contributed by atoms with Crippen molar-refractivity contribution in [3.8, 4) is 0 Å². The van der Waals surface area contributed by atoms with Crippen LogP contribution in [0.5, 0.6) is 0 Å². The largest absolute Gasteiger partial charge is 0.360 e. The number of benzene rings is 1. The Morgan fingerprint density at radius 2 is 2.16 bits per heavy atom. The topological polar surface area (TPSA) is 58.4 Å². The summed E-state index contributed by atoms with van der Waals surface area (Å²) in [6, 6.07) is 9.80. The van der Waals surface area contributed by atoms with E-state index in [4.69, 9.17) is 16.1 Å². The number of aromatic nitrogens is 1. The zero-order valence-electron chi connectivity index (χ0n) is 14.2. The minimum Gasteiger partial charge on any atom is -0.360 e. The van der Waals surface area contributed by atoms with Crippen molar-refractivity contribution >= 4 is 17.5 Å². The second-order valence-corrected chi connectivity index (χ2v) is 7.64. The highest BCUT2D eigenvalue weighted by Crippen LogP contribution is 2.40. The fourth-order valence-electron chi connectivity index (χ4n) is 3.45. The van der Waals surface area contributed by atoms with Gasteiger partial charge in [0.25, 0.3) is 5.91 Å². The second kappa shape index (κ2) is 6.81. The maximum atomic E-state index is 12.4. The van der Waals surface area contributed by atoms with Crippen LogP contribution in [0.3, 0.4) is 0 Å². The molecule has 1 aliphatic carbocycles. The molecule has 1 aliphatic heterocycles. The maximum absolute atomic E-state index is 12.4. The van der Waals surface area contributed by atoms with E-state index in [2.05, 4.69) is 22.3 Å². The number of carbonyl (C=O) groups excluding carboxylic acids is 1. The van der Waals surface area contributed by atoms with Crippen LogP contribution in [-0.2, 0) is 6.54 Å². The van der Waals surface area contributed by atoms with Gasteiger partial charge in [0.05, 0.1) is 0 Å². The first-order chi connectivity index (χ1) is 12.1. The van der Waals surface area contributed by atoms with Gasteiger partial charge < -0.3 is 9.84 Å². The third kappa shape index (κ3) is 3.72. The number of carbonyl (C=O) groups is 1. The van der Waals surface area contributed by atoms with Gasteiger partial charge in [-0.2, -0.15) is 0 Å². The highest BCUT2D eigenvalue weighted by Gasteiger charge is 2.33. The van der Waals surface area contributed by atoms with Gasteiger partial charge in [-0.3, -0.25) is 9.69 Å². The lowest BCUT2D eigenvalue weighted by Gasteiger charge is -2.17. The molecule has 2 atom stereocenters. The van der Waals surface area contributed by atoms with E-state index in [0.717, 1.165) is 48.8 Å². The Bertz CT molecular complexity index is 772. The molecule has 1 amide bonds. The molecule has 5 nitrogen and oxygen atoms in total. The van der Waals surface area contributed by atoms with Crippen LogP contribution >= 0.6 is 11.6 Å². The van der Waals surface area contributed by atoms with Crippen LogP contribution in [-0.4, -0.2) is 35.1 Å². The predicted octanol–water partition coefficient (Wildman–Crippen LogP) is 3.46. The first kappa shape index (κ1) is 16.6. The van der Waals surface area contributed by atoms with Gasteiger partial charge in [-0.15, -0.1) is 0 Å². The summed E-state index contributed by atoms with van der Waals surface area (Å²) >= 11 is 6.26. The number of hydrogen-bond acceptors (Lipinski definition) is 4. The Labute approximate surface area is 152 Å². The number of rotatable bonds is 5. The van der Waals surface area contributed by atoms with Crippen LogP contribution < -0.4 is 5.32 Å². The lowest BCUT2D eigenvalue weighted by atomic mass is 10.1. The van der Waals surface area contributed by atoms with Crippen molar-refractivity contribution in [2.24, 2.45) is 5.92 Å². The molecule has 1 N–H and O–H groups in total. The van der Waals surface area contributed by atoms with Gasteiger partial charge in [0.2, 0.25) is 0 Å². The number of hydrogen-bond donors (Lipinski definition) is 1. The fraction of sp³-hybridized carbons (Fsp3) is 0.474. The summed E-state index contributed by atoms with van der Waals surface area (Å²) in [6.07, 6.45) is 2.26. The highest BCUT2D eigenvalue weighted by molar-refractivity contribution is 6.31. The SMILES string of the molecule is C[C@@H]1CN(Cc2ccccc2Cl)C[C@@H]1NC(=O)c1cc(C2CC2)on1. The molecule has 1 aromatic heterocycles. The van der Waals surface area contributed by atoms with Crippen LogP contribution in [0.4, 0.5) is 0 Å². The van der Waals surface area contributed by atoms with Crippen molar-refractivity contribution in [2.45, 2.75) is 38.3 Å². The van der Waals surface area contributed by atoms with E-state index in [0.29, 0.717) is 17.5 Å². The number of likely N-dealkylation sites (tertiary alicyclic amines) is 1. The molecule has 2 heterocycles. The molecule has 132 valence electrons. The molecule has 1 saturated carbocycles. The summed E-state index contributed by atoms with van der Waals surface area (Å²) in [5.41, 5.74) is 1.51. The zero-order chi connectivity index (χ0) is 17.4. The van der Waals surface area contributed by atoms with E-state index in [1.165, 1.54) is 0 Å². The highest BCUT2D eigenvalue weighted by atomic mass is 35.5. The first-order valence-electron chi connectivity index (χ1n) is 8.83. The van der Waals surface area contributed by atoms with E-state index >= 15 is 0 Å². The van der Waals surface area contributed by atoms with Gasteiger partial charge >= 0.3 is 0 Å². The second-order valence-electron chi connectivity index (χ2n) is 7.23. The van der Waals surface area contributed by atoms with Crippen LogP contribution in [0.1, 0.15) is 47.5 Å². The van der Waals surface area contributed by atoms with E-state index in [9.17, 15) is 4.79 Å². The average molecular weight is 360 g/mol. The van der Waals surface area contributed by atoms with Gasteiger partial charge in [0, 0.05) is 42.7 Å². The molecule has 1 aromatic carbocycles. The Hall–Kier alpha value is -1.85. The maximum Gasteiger partial charge on any atom is 0.273 e. The molecule has 2 aromatic rings. The monoisotopic (exact) mass is 359 g/mol. The summed E-state index contributed by atoms with van der Waals surface area (Å²) in [7, 11) is 0. The van der Waals surface area contributed by atoms with Crippen molar-refractivity contribution in [3.63, 3.8) is 0 Å². The first-order valence-corrected chi connectivity index (χ1v) is 9.21. The summed E-state index contributed by atoms with van der Waals surface area (Å²) in [4.78, 5) is 14.8. The molecule has 2 aliphatic rings. The lowest BCUT2D eigenvalue weighted by molar-refractivity contribution is 0.0922. The third-order valence-corrected chi connectivity index (χ3v) is 5.47. The van der Waals surface area contributed by atoms with Gasteiger partial charge in [-0.05, 0) is 30.4 Å². The van der Waals surface area contributed by atoms with Gasteiger partial charge in [-0.25, -0.2) is 0 Å². The minimum absolute atomic E-state index is 0.107. The molecule has 25 heavy (non-hydrogen) atoms. The lowest BCUT2D eigenvalue weighted by Crippen LogP contribution is -2.40. The van der Waals surface area contributed by atoms with E-state index in [1.54, 1.807) is 6.07 Å². The third-order valence-electron chi connectivity index (χ3n) is 5.10. The van der Waals surface area contributed by atoms with Gasteiger partial charge in [0.1, 0.15) is 5.76 Å². The van der Waals surface area contributed by atoms with E-state index in [1.807, 2.05) is 24.3 Å². The molecule has 6 heteroatoms. The van der Waals surface area contributed by atoms with Gasteiger partial charge in [-0.1, -0.05) is 41.9 Å². The summed E-state index contributed by atoms with van der Waals surface area (Å²) in [5.74, 6) is 1.53. The fourth-order valence-corrected chi connectivity index (χ4v) is 3.65. The van der Waals surface area contributed by atoms with Crippen molar-refractivity contribution in [1.82, 2.24) is 15.4 Å².